The fourth-order valence-electron chi connectivity index (χ4n) is 3.02. The average molecular weight is 360 g/mol. The van der Waals surface area contributed by atoms with E-state index >= 15 is 0 Å². The lowest BCUT2D eigenvalue weighted by Crippen LogP contribution is -2.46. The van der Waals surface area contributed by atoms with Gasteiger partial charge in [0.1, 0.15) is 5.01 Å². The molecule has 0 bridgehead atoms. The van der Waals surface area contributed by atoms with Crippen LogP contribution in [0.2, 0.25) is 0 Å². The molecule has 6 nitrogen and oxygen atoms in total. The third kappa shape index (κ3) is 3.58. The molecule has 2 aromatic rings. The molecular weight excluding hydrogens is 336 g/mol. The van der Waals surface area contributed by atoms with E-state index in [0.29, 0.717) is 37.7 Å². The normalized spacial score (nSPS) is 17.2. The lowest BCUT2D eigenvalue weighted by molar-refractivity contribution is -0.130. The lowest BCUT2D eigenvalue weighted by Gasteiger charge is -2.34. The van der Waals surface area contributed by atoms with E-state index in [1.165, 1.54) is 11.3 Å². The SMILES string of the molecule is CC(C)(c1ccccc1)c1nnc(NC(=O)C2(CN)CCOCC2)s1. The van der Waals surface area contributed by atoms with Crippen LogP contribution in [0.3, 0.4) is 0 Å². The molecule has 1 amide bonds. The quantitative estimate of drug-likeness (QED) is 0.855. The molecule has 0 spiro atoms. The molecule has 3 N–H and O–H groups in total. The van der Waals surface area contributed by atoms with E-state index in [0.717, 1.165) is 10.6 Å². The van der Waals surface area contributed by atoms with Crippen LogP contribution in [0, 0.1) is 5.41 Å². The molecule has 1 aromatic heterocycles. The Morgan fingerprint density at radius 1 is 1.28 bits per heavy atom. The van der Waals surface area contributed by atoms with Crippen LogP contribution >= 0.6 is 11.3 Å². The van der Waals surface area contributed by atoms with Gasteiger partial charge in [-0.25, -0.2) is 0 Å². The van der Waals surface area contributed by atoms with E-state index in [2.05, 4.69) is 41.5 Å². The second kappa shape index (κ2) is 7.19. The van der Waals surface area contributed by atoms with Gasteiger partial charge >= 0.3 is 0 Å². The molecule has 0 saturated carbocycles. The first-order valence-electron chi connectivity index (χ1n) is 8.47. The minimum absolute atomic E-state index is 0.0847. The number of hydrogen-bond donors (Lipinski definition) is 2. The Bertz CT molecular complexity index is 724. The summed E-state index contributed by atoms with van der Waals surface area (Å²) >= 11 is 1.41. The first-order chi connectivity index (χ1) is 12.0. The molecule has 1 saturated heterocycles. The van der Waals surface area contributed by atoms with Crippen molar-refractivity contribution in [2.24, 2.45) is 11.1 Å². The molecule has 0 aliphatic carbocycles. The number of hydrogen-bond acceptors (Lipinski definition) is 6. The number of anilines is 1. The first-order valence-corrected chi connectivity index (χ1v) is 9.28. The molecule has 0 radical (unpaired) electrons. The van der Waals surface area contributed by atoms with Gasteiger partial charge in [0.2, 0.25) is 11.0 Å². The van der Waals surface area contributed by atoms with Gasteiger partial charge in [0.15, 0.2) is 0 Å². The van der Waals surface area contributed by atoms with Crippen molar-refractivity contribution in [2.75, 3.05) is 25.1 Å². The van der Waals surface area contributed by atoms with E-state index in [4.69, 9.17) is 10.5 Å². The smallest absolute Gasteiger partial charge is 0.233 e. The summed E-state index contributed by atoms with van der Waals surface area (Å²) in [5.74, 6) is -0.0847. The first kappa shape index (κ1) is 18.0. The predicted molar refractivity (Wildman–Crippen MR) is 98.6 cm³/mol. The van der Waals surface area contributed by atoms with Crippen LogP contribution in [-0.4, -0.2) is 35.9 Å². The third-order valence-corrected chi connectivity index (χ3v) is 6.16. The van der Waals surface area contributed by atoms with Crippen molar-refractivity contribution in [3.8, 4) is 0 Å². The van der Waals surface area contributed by atoms with Crippen molar-refractivity contribution in [2.45, 2.75) is 32.1 Å². The number of carbonyl (C=O) groups is 1. The molecular formula is C18H24N4O2S. The van der Waals surface area contributed by atoms with Crippen LogP contribution in [0.5, 0.6) is 0 Å². The van der Waals surface area contributed by atoms with E-state index in [-0.39, 0.29) is 11.3 Å². The summed E-state index contributed by atoms with van der Waals surface area (Å²) in [6, 6.07) is 10.2. The molecule has 1 aromatic carbocycles. The number of nitrogens with zero attached hydrogens (tertiary/aromatic N) is 2. The molecule has 0 atom stereocenters. The number of nitrogens with one attached hydrogen (secondary N) is 1. The summed E-state index contributed by atoms with van der Waals surface area (Å²) in [5, 5.41) is 12.8. The van der Waals surface area contributed by atoms with Gasteiger partial charge in [0.05, 0.1) is 5.41 Å². The van der Waals surface area contributed by atoms with Crippen LogP contribution < -0.4 is 11.1 Å². The number of aromatic nitrogens is 2. The second-order valence-electron chi connectivity index (χ2n) is 6.95. The molecule has 134 valence electrons. The monoisotopic (exact) mass is 360 g/mol. The summed E-state index contributed by atoms with van der Waals surface area (Å²) in [4.78, 5) is 12.7. The van der Waals surface area contributed by atoms with Gasteiger partial charge in [-0.1, -0.05) is 41.7 Å². The van der Waals surface area contributed by atoms with E-state index < -0.39 is 5.41 Å². The third-order valence-electron chi connectivity index (χ3n) is 5.00. The zero-order chi connectivity index (χ0) is 17.9. The zero-order valence-corrected chi connectivity index (χ0v) is 15.4. The predicted octanol–water partition coefficient (Wildman–Crippen LogP) is 2.56. The van der Waals surface area contributed by atoms with E-state index in [9.17, 15) is 4.79 Å². The minimum atomic E-state index is -0.570. The molecule has 1 aliphatic rings. The molecule has 1 fully saturated rings. The maximum Gasteiger partial charge on any atom is 0.233 e. The maximum atomic E-state index is 12.7. The number of rotatable bonds is 5. The fourth-order valence-corrected chi connectivity index (χ4v) is 3.88. The number of carbonyl (C=O) groups excluding carboxylic acids is 1. The molecule has 0 unspecified atom stereocenters. The van der Waals surface area contributed by atoms with Crippen molar-refractivity contribution in [3.05, 3.63) is 40.9 Å². The van der Waals surface area contributed by atoms with Gasteiger partial charge in [-0.05, 0) is 32.3 Å². The van der Waals surface area contributed by atoms with Crippen molar-refractivity contribution in [3.63, 3.8) is 0 Å². The second-order valence-corrected chi connectivity index (χ2v) is 7.93. The van der Waals surface area contributed by atoms with Crippen LogP contribution in [0.1, 0.15) is 37.3 Å². The van der Waals surface area contributed by atoms with Crippen molar-refractivity contribution < 1.29 is 9.53 Å². The highest BCUT2D eigenvalue weighted by Crippen LogP contribution is 2.36. The highest BCUT2D eigenvalue weighted by molar-refractivity contribution is 7.15. The van der Waals surface area contributed by atoms with Gasteiger partial charge in [0.25, 0.3) is 0 Å². The summed E-state index contributed by atoms with van der Waals surface area (Å²) in [6.45, 7) is 5.64. The topological polar surface area (TPSA) is 90.1 Å². The Kier molecular flexibility index (Phi) is 5.17. The largest absolute Gasteiger partial charge is 0.381 e. The van der Waals surface area contributed by atoms with Crippen LogP contribution in [0.15, 0.2) is 30.3 Å². The highest BCUT2D eigenvalue weighted by atomic mass is 32.1. The number of nitrogens with two attached hydrogens (primary N) is 1. The summed E-state index contributed by atoms with van der Waals surface area (Å²) in [6.07, 6.45) is 1.27. The summed E-state index contributed by atoms with van der Waals surface area (Å²) < 4.78 is 5.36. The zero-order valence-electron chi connectivity index (χ0n) is 14.6. The molecule has 7 heteroatoms. The Hall–Kier alpha value is -1.83. The van der Waals surface area contributed by atoms with Crippen LogP contribution in [0.25, 0.3) is 0 Å². The van der Waals surface area contributed by atoms with Gasteiger partial charge in [0, 0.05) is 25.2 Å². The summed E-state index contributed by atoms with van der Waals surface area (Å²) in [7, 11) is 0. The highest BCUT2D eigenvalue weighted by Gasteiger charge is 2.39. The maximum absolute atomic E-state index is 12.7. The fraction of sp³-hybridized carbons (Fsp3) is 0.500. The van der Waals surface area contributed by atoms with Gasteiger partial charge in [-0.2, -0.15) is 0 Å². The molecule has 25 heavy (non-hydrogen) atoms. The Morgan fingerprint density at radius 2 is 1.96 bits per heavy atom. The lowest BCUT2D eigenvalue weighted by atomic mass is 9.79. The number of benzene rings is 1. The van der Waals surface area contributed by atoms with Crippen molar-refractivity contribution in [1.82, 2.24) is 10.2 Å². The van der Waals surface area contributed by atoms with Crippen molar-refractivity contribution in [1.29, 1.82) is 0 Å². The molecule has 1 aliphatic heterocycles. The average Bonchev–Trinajstić information content (AvgIpc) is 3.12. The molecule has 2 heterocycles. The van der Waals surface area contributed by atoms with Gasteiger partial charge in [-0.15, -0.1) is 10.2 Å². The van der Waals surface area contributed by atoms with Crippen LogP contribution in [0.4, 0.5) is 5.13 Å². The molecule has 3 rings (SSSR count). The summed E-state index contributed by atoms with van der Waals surface area (Å²) in [5.41, 5.74) is 6.21. The number of ether oxygens (including phenoxy) is 1. The van der Waals surface area contributed by atoms with E-state index in [1.807, 2.05) is 18.2 Å². The Morgan fingerprint density at radius 3 is 2.60 bits per heavy atom. The van der Waals surface area contributed by atoms with Crippen LogP contribution in [-0.2, 0) is 14.9 Å². The number of amides is 1. The standard InChI is InChI=1S/C18H24N4O2S/c1-17(2,13-6-4-3-5-7-13)15-21-22-16(25-15)20-14(23)18(12-19)8-10-24-11-9-18/h3-7H,8-12,19H2,1-2H3,(H,20,22,23). The van der Waals surface area contributed by atoms with Gasteiger partial charge in [-0.3, -0.25) is 10.1 Å². The van der Waals surface area contributed by atoms with Crippen molar-refractivity contribution >= 4 is 22.4 Å². The van der Waals surface area contributed by atoms with E-state index in [1.54, 1.807) is 0 Å². The minimum Gasteiger partial charge on any atom is -0.381 e. The van der Waals surface area contributed by atoms with Gasteiger partial charge < -0.3 is 10.5 Å². The Balaban J connectivity index is 1.76. The Labute approximate surface area is 151 Å².